The van der Waals surface area contributed by atoms with Gasteiger partial charge in [-0.15, -0.1) is 0 Å². The second-order valence-corrected chi connectivity index (χ2v) is 7.35. The van der Waals surface area contributed by atoms with Crippen LogP contribution < -0.4 is 10.5 Å². The number of nitrogen functional groups attached to an aromatic ring is 1. The second-order valence-electron chi connectivity index (χ2n) is 5.64. The Kier molecular flexibility index (Phi) is 3.79. The maximum Gasteiger partial charge on any atom is 0.240 e. The smallest absolute Gasteiger partial charge is 0.240 e. The van der Waals surface area contributed by atoms with Gasteiger partial charge in [-0.25, -0.2) is 17.5 Å². The minimum atomic E-state index is -3.76. The van der Waals surface area contributed by atoms with Crippen molar-refractivity contribution in [3.05, 3.63) is 24.0 Å². The van der Waals surface area contributed by atoms with Crippen LogP contribution >= 0.6 is 0 Å². The van der Waals surface area contributed by atoms with E-state index >= 15 is 0 Å². The fourth-order valence-corrected chi connectivity index (χ4v) is 3.83. The number of methoxy groups -OCH3 is 1. The van der Waals surface area contributed by atoms with Crippen molar-refractivity contribution >= 4 is 15.7 Å². The molecule has 0 amide bonds. The summed E-state index contributed by atoms with van der Waals surface area (Å²) in [5.74, 6) is -0.740. The maximum atomic E-state index is 13.4. The molecule has 1 aliphatic carbocycles. The van der Waals surface area contributed by atoms with Gasteiger partial charge < -0.3 is 10.5 Å². The first kappa shape index (κ1) is 15.2. The molecule has 1 saturated carbocycles. The molecule has 2 rings (SSSR count). The molecule has 0 spiro atoms. The zero-order chi connectivity index (χ0) is 15.1. The first-order valence-corrected chi connectivity index (χ1v) is 7.77. The predicted molar refractivity (Wildman–Crippen MR) is 74.1 cm³/mol. The molecule has 2 unspecified atom stereocenters. The predicted octanol–water partition coefficient (Wildman–Crippen LogP) is 1.50. The number of benzene rings is 1. The van der Waals surface area contributed by atoms with Gasteiger partial charge in [0.2, 0.25) is 10.0 Å². The fraction of sp³-hybridized carbons (Fsp3) is 0.538. The summed E-state index contributed by atoms with van der Waals surface area (Å²) in [7, 11) is -2.16. The van der Waals surface area contributed by atoms with E-state index in [1.165, 1.54) is 12.1 Å². The number of sulfonamides is 1. The number of nitrogens with two attached hydrogens (primary N) is 1. The topological polar surface area (TPSA) is 81.4 Å². The Labute approximate surface area is 118 Å². The Hall–Kier alpha value is -1.18. The number of anilines is 1. The third-order valence-electron chi connectivity index (χ3n) is 4.04. The number of nitrogens with one attached hydrogen (secondary N) is 1. The lowest BCUT2D eigenvalue weighted by atomic mass is 9.65. The summed E-state index contributed by atoms with van der Waals surface area (Å²) < 4.78 is 45.7. The van der Waals surface area contributed by atoms with Crippen LogP contribution in [0.25, 0.3) is 0 Å². The summed E-state index contributed by atoms with van der Waals surface area (Å²) in [4.78, 5) is -0.124. The van der Waals surface area contributed by atoms with Crippen molar-refractivity contribution in [2.75, 3.05) is 12.8 Å². The SMILES string of the molecule is COC1CC(NS(=O)(=O)c2ccc(N)c(F)c2)C1(C)C. The standard InChI is InChI=1S/C13H19FN2O3S/c1-13(2)11(7-12(13)19-3)16-20(17,18)8-4-5-10(15)9(14)6-8/h4-6,11-12,16H,7,15H2,1-3H3. The molecule has 1 fully saturated rings. The summed E-state index contributed by atoms with van der Waals surface area (Å²) in [6.07, 6.45) is 0.610. The van der Waals surface area contributed by atoms with Crippen molar-refractivity contribution in [2.24, 2.45) is 5.41 Å². The Morgan fingerprint density at radius 2 is 2.10 bits per heavy atom. The largest absolute Gasteiger partial charge is 0.396 e. The molecule has 0 aromatic heterocycles. The molecule has 0 heterocycles. The fourth-order valence-electron chi connectivity index (χ4n) is 2.42. The zero-order valence-electron chi connectivity index (χ0n) is 11.7. The Balaban J connectivity index is 2.18. The Bertz CT molecular complexity index is 616. The monoisotopic (exact) mass is 302 g/mol. The van der Waals surface area contributed by atoms with Crippen LogP contribution in [-0.4, -0.2) is 27.7 Å². The molecule has 3 N–H and O–H groups in total. The maximum absolute atomic E-state index is 13.4. The third kappa shape index (κ3) is 2.53. The highest BCUT2D eigenvalue weighted by Crippen LogP contribution is 2.43. The van der Waals surface area contributed by atoms with E-state index in [4.69, 9.17) is 10.5 Å². The summed E-state index contributed by atoms with van der Waals surface area (Å²) in [6, 6.07) is 3.23. The van der Waals surface area contributed by atoms with Crippen molar-refractivity contribution in [1.82, 2.24) is 4.72 Å². The molecule has 112 valence electrons. The summed E-state index contributed by atoms with van der Waals surface area (Å²) in [5, 5.41) is 0. The number of hydrogen-bond acceptors (Lipinski definition) is 4. The lowest BCUT2D eigenvalue weighted by molar-refractivity contribution is -0.0908. The van der Waals surface area contributed by atoms with Gasteiger partial charge in [0.05, 0.1) is 16.7 Å². The number of halogens is 1. The molecule has 1 aliphatic rings. The van der Waals surface area contributed by atoms with Gasteiger partial charge >= 0.3 is 0 Å². The molecular weight excluding hydrogens is 283 g/mol. The molecular formula is C13H19FN2O3S. The Morgan fingerprint density at radius 3 is 2.60 bits per heavy atom. The van der Waals surface area contributed by atoms with E-state index in [9.17, 15) is 12.8 Å². The average Bonchev–Trinajstić information content (AvgIpc) is 2.37. The van der Waals surface area contributed by atoms with Gasteiger partial charge in [0.25, 0.3) is 0 Å². The number of rotatable bonds is 4. The first-order valence-electron chi connectivity index (χ1n) is 6.28. The molecule has 0 aliphatic heterocycles. The summed E-state index contributed by atoms with van der Waals surface area (Å²) in [6.45, 7) is 3.86. The van der Waals surface area contributed by atoms with Crippen LogP contribution in [0.3, 0.4) is 0 Å². The van der Waals surface area contributed by atoms with Crippen LogP contribution in [0.1, 0.15) is 20.3 Å². The van der Waals surface area contributed by atoms with Gasteiger partial charge in [0.15, 0.2) is 0 Å². The Morgan fingerprint density at radius 1 is 1.45 bits per heavy atom. The number of ether oxygens (including phenoxy) is 1. The van der Waals surface area contributed by atoms with Crippen molar-refractivity contribution < 1.29 is 17.5 Å². The van der Waals surface area contributed by atoms with Crippen LogP contribution in [0, 0.1) is 11.2 Å². The van der Waals surface area contributed by atoms with Crippen LogP contribution in [-0.2, 0) is 14.8 Å². The van der Waals surface area contributed by atoms with E-state index < -0.39 is 15.8 Å². The van der Waals surface area contributed by atoms with Crippen molar-refractivity contribution in [3.63, 3.8) is 0 Å². The molecule has 7 heteroatoms. The average molecular weight is 302 g/mol. The lowest BCUT2D eigenvalue weighted by Crippen LogP contribution is -2.61. The lowest BCUT2D eigenvalue weighted by Gasteiger charge is -2.50. The van der Waals surface area contributed by atoms with Crippen molar-refractivity contribution in [2.45, 2.75) is 37.3 Å². The minimum Gasteiger partial charge on any atom is -0.396 e. The van der Waals surface area contributed by atoms with E-state index in [1.807, 2.05) is 13.8 Å². The molecule has 1 aromatic rings. The quantitative estimate of drug-likeness (QED) is 0.826. The van der Waals surface area contributed by atoms with Gasteiger partial charge in [-0.3, -0.25) is 0 Å². The van der Waals surface area contributed by atoms with E-state index in [0.29, 0.717) is 6.42 Å². The van der Waals surface area contributed by atoms with Crippen molar-refractivity contribution in [3.8, 4) is 0 Å². The molecule has 5 nitrogen and oxygen atoms in total. The van der Waals surface area contributed by atoms with E-state index in [1.54, 1.807) is 7.11 Å². The first-order chi connectivity index (χ1) is 9.18. The highest BCUT2D eigenvalue weighted by Gasteiger charge is 2.50. The molecule has 0 saturated heterocycles. The third-order valence-corrected chi connectivity index (χ3v) is 5.51. The molecule has 2 atom stereocenters. The highest BCUT2D eigenvalue weighted by molar-refractivity contribution is 7.89. The summed E-state index contributed by atoms with van der Waals surface area (Å²) in [5.41, 5.74) is 4.97. The van der Waals surface area contributed by atoms with Gasteiger partial charge in [0, 0.05) is 18.6 Å². The van der Waals surface area contributed by atoms with Crippen LogP contribution in [0.2, 0.25) is 0 Å². The minimum absolute atomic E-state index is 0.0124. The molecule has 0 bridgehead atoms. The normalized spacial score (nSPS) is 25.2. The summed E-state index contributed by atoms with van der Waals surface area (Å²) >= 11 is 0. The zero-order valence-corrected chi connectivity index (χ0v) is 12.5. The van der Waals surface area contributed by atoms with Gasteiger partial charge in [-0.05, 0) is 24.6 Å². The van der Waals surface area contributed by atoms with Gasteiger partial charge in [-0.1, -0.05) is 13.8 Å². The van der Waals surface area contributed by atoms with E-state index in [-0.39, 0.29) is 28.1 Å². The van der Waals surface area contributed by atoms with Crippen LogP contribution in [0.5, 0.6) is 0 Å². The molecule has 1 aromatic carbocycles. The van der Waals surface area contributed by atoms with Gasteiger partial charge in [0.1, 0.15) is 5.82 Å². The number of hydrogen-bond donors (Lipinski definition) is 2. The van der Waals surface area contributed by atoms with Crippen molar-refractivity contribution in [1.29, 1.82) is 0 Å². The molecule has 0 radical (unpaired) electrons. The van der Waals surface area contributed by atoms with E-state index in [2.05, 4.69) is 4.72 Å². The second kappa shape index (κ2) is 4.98. The van der Waals surface area contributed by atoms with Crippen LogP contribution in [0.4, 0.5) is 10.1 Å². The highest BCUT2D eigenvalue weighted by atomic mass is 32.2. The van der Waals surface area contributed by atoms with Crippen LogP contribution in [0.15, 0.2) is 23.1 Å². The van der Waals surface area contributed by atoms with E-state index in [0.717, 1.165) is 6.07 Å². The van der Waals surface area contributed by atoms with Gasteiger partial charge in [-0.2, -0.15) is 0 Å². The molecule has 20 heavy (non-hydrogen) atoms.